The van der Waals surface area contributed by atoms with E-state index in [2.05, 4.69) is 33.2 Å². The van der Waals surface area contributed by atoms with Crippen LogP contribution in [0.4, 0.5) is 16.4 Å². The predicted molar refractivity (Wildman–Crippen MR) is 116 cm³/mol. The molecule has 1 atom stereocenters. The molecule has 2 saturated heterocycles. The number of piperazine rings is 1. The average Bonchev–Trinajstić information content (AvgIpc) is 3.14. The molecule has 0 saturated carbocycles. The molecule has 2 aliphatic heterocycles. The van der Waals surface area contributed by atoms with Crippen LogP contribution in [0, 0.1) is 13.8 Å². The largest absolute Gasteiger partial charge is 0.353 e. The molecule has 1 unspecified atom stereocenters. The van der Waals surface area contributed by atoms with Crippen LogP contribution in [0.2, 0.25) is 0 Å². The number of aryl methyl sites for hydroxylation is 2. The van der Waals surface area contributed by atoms with Crippen molar-refractivity contribution in [1.29, 1.82) is 0 Å². The van der Waals surface area contributed by atoms with E-state index in [1.165, 1.54) is 0 Å². The van der Waals surface area contributed by atoms with Gasteiger partial charge in [0.15, 0.2) is 0 Å². The minimum Gasteiger partial charge on any atom is -0.353 e. The van der Waals surface area contributed by atoms with E-state index in [9.17, 15) is 9.59 Å². The summed E-state index contributed by atoms with van der Waals surface area (Å²) in [5.74, 6) is 1.55. The van der Waals surface area contributed by atoms with Crippen LogP contribution in [0.5, 0.6) is 0 Å². The highest BCUT2D eigenvalue weighted by molar-refractivity contribution is 5.96. The van der Waals surface area contributed by atoms with Gasteiger partial charge in [-0.15, -0.1) is 0 Å². The van der Waals surface area contributed by atoms with Gasteiger partial charge in [0.2, 0.25) is 0 Å². The lowest BCUT2D eigenvalue weighted by molar-refractivity contribution is 0.0746. The minimum atomic E-state index is -0.135. The van der Waals surface area contributed by atoms with Gasteiger partial charge in [-0.3, -0.25) is 9.69 Å². The number of hydrogen-bond acceptors (Lipinski definition) is 5. The number of pyridine rings is 2. The molecule has 2 aromatic rings. The van der Waals surface area contributed by atoms with E-state index in [-0.39, 0.29) is 18.0 Å². The number of nitrogens with one attached hydrogen (secondary N) is 1. The van der Waals surface area contributed by atoms with Crippen LogP contribution >= 0.6 is 0 Å². The lowest BCUT2D eigenvalue weighted by Gasteiger charge is -2.36. The van der Waals surface area contributed by atoms with Gasteiger partial charge >= 0.3 is 6.03 Å². The molecule has 8 heteroatoms. The first kappa shape index (κ1) is 20.1. The van der Waals surface area contributed by atoms with Gasteiger partial charge in [0.25, 0.3) is 5.91 Å². The number of carbonyl (C=O) groups is 2. The molecule has 0 aromatic carbocycles. The van der Waals surface area contributed by atoms with Crippen LogP contribution in [0.1, 0.15) is 34.8 Å². The Morgan fingerprint density at radius 1 is 1.13 bits per heavy atom. The fourth-order valence-corrected chi connectivity index (χ4v) is 4.16. The van der Waals surface area contributed by atoms with Gasteiger partial charge in [-0.25, -0.2) is 14.8 Å². The van der Waals surface area contributed by atoms with Crippen LogP contribution in [0.3, 0.4) is 0 Å². The summed E-state index contributed by atoms with van der Waals surface area (Å²) in [6.07, 6.45) is 4.31. The van der Waals surface area contributed by atoms with E-state index in [0.717, 1.165) is 36.5 Å². The van der Waals surface area contributed by atoms with Gasteiger partial charge in [-0.1, -0.05) is 13.0 Å². The maximum atomic E-state index is 12.9. The average molecular weight is 409 g/mol. The molecular formula is C22H28N6O2. The number of carbonyl (C=O) groups excluding carboxylic acids is 2. The lowest BCUT2D eigenvalue weighted by atomic mass is 10.1. The molecule has 2 aliphatic rings. The fourth-order valence-electron chi connectivity index (χ4n) is 4.16. The van der Waals surface area contributed by atoms with Crippen molar-refractivity contribution in [3.05, 3.63) is 47.3 Å². The monoisotopic (exact) mass is 408 g/mol. The van der Waals surface area contributed by atoms with Crippen molar-refractivity contribution in [1.82, 2.24) is 20.2 Å². The Balaban J connectivity index is 1.40. The lowest BCUT2D eigenvalue weighted by Crippen LogP contribution is -2.49. The number of aromatic nitrogens is 2. The van der Waals surface area contributed by atoms with Gasteiger partial charge in [-0.05, 0) is 43.5 Å². The number of anilines is 2. The summed E-state index contributed by atoms with van der Waals surface area (Å²) in [5, 5.41) is 2.84. The normalized spacial score (nSPS) is 19.2. The smallest absolute Gasteiger partial charge is 0.323 e. The van der Waals surface area contributed by atoms with Crippen LogP contribution in [0.25, 0.3) is 0 Å². The third-order valence-corrected chi connectivity index (χ3v) is 5.84. The zero-order chi connectivity index (χ0) is 21.3. The van der Waals surface area contributed by atoms with Crippen molar-refractivity contribution in [3.63, 3.8) is 0 Å². The van der Waals surface area contributed by atoms with Crippen LogP contribution in [-0.2, 0) is 0 Å². The molecule has 0 aliphatic carbocycles. The van der Waals surface area contributed by atoms with E-state index in [4.69, 9.17) is 0 Å². The molecule has 4 rings (SSSR count). The number of nitrogens with zero attached hydrogens (tertiary/aromatic N) is 5. The van der Waals surface area contributed by atoms with Crippen molar-refractivity contribution in [2.45, 2.75) is 33.2 Å². The second kappa shape index (κ2) is 8.30. The van der Waals surface area contributed by atoms with Crippen molar-refractivity contribution >= 4 is 23.6 Å². The van der Waals surface area contributed by atoms with E-state index in [1.807, 2.05) is 24.9 Å². The fraction of sp³-hybridized carbons (Fsp3) is 0.455. The van der Waals surface area contributed by atoms with Gasteiger partial charge in [0.1, 0.15) is 11.6 Å². The van der Waals surface area contributed by atoms with E-state index in [1.54, 1.807) is 23.2 Å². The van der Waals surface area contributed by atoms with Crippen molar-refractivity contribution in [3.8, 4) is 0 Å². The van der Waals surface area contributed by atoms with Crippen molar-refractivity contribution < 1.29 is 9.59 Å². The molecule has 3 amide bonds. The quantitative estimate of drug-likeness (QED) is 0.840. The topological polar surface area (TPSA) is 81.7 Å². The van der Waals surface area contributed by atoms with Gasteiger partial charge < -0.3 is 15.1 Å². The van der Waals surface area contributed by atoms with Crippen LogP contribution < -0.4 is 15.1 Å². The molecule has 4 heterocycles. The third-order valence-electron chi connectivity index (χ3n) is 5.84. The zero-order valence-electron chi connectivity index (χ0n) is 17.8. The highest BCUT2D eigenvalue weighted by Crippen LogP contribution is 2.22. The molecule has 0 radical (unpaired) electrons. The molecular weight excluding hydrogens is 380 g/mol. The van der Waals surface area contributed by atoms with E-state index >= 15 is 0 Å². The number of amides is 3. The SMILES string of the molecule is CCC1CNC(=O)N1c1ccc(C(=O)N2CCN(c3ncc(C)cc3C)CC2)cn1. The highest BCUT2D eigenvalue weighted by atomic mass is 16.2. The molecule has 158 valence electrons. The summed E-state index contributed by atoms with van der Waals surface area (Å²) < 4.78 is 0. The first-order valence-corrected chi connectivity index (χ1v) is 10.5. The van der Waals surface area contributed by atoms with Crippen LogP contribution in [0.15, 0.2) is 30.6 Å². The molecule has 1 N–H and O–H groups in total. The Morgan fingerprint density at radius 3 is 2.53 bits per heavy atom. The molecule has 2 aromatic heterocycles. The zero-order valence-corrected chi connectivity index (χ0v) is 17.8. The number of urea groups is 1. The van der Waals surface area contributed by atoms with Gasteiger partial charge in [0, 0.05) is 45.1 Å². The predicted octanol–water partition coefficient (Wildman–Crippen LogP) is 2.36. The molecule has 8 nitrogen and oxygen atoms in total. The van der Waals surface area contributed by atoms with Gasteiger partial charge in [-0.2, -0.15) is 0 Å². The van der Waals surface area contributed by atoms with Gasteiger partial charge in [0.05, 0.1) is 11.6 Å². The molecule has 2 fully saturated rings. The third kappa shape index (κ3) is 3.81. The maximum absolute atomic E-state index is 12.9. The summed E-state index contributed by atoms with van der Waals surface area (Å²) in [7, 11) is 0. The van der Waals surface area contributed by atoms with Crippen molar-refractivity contribution in [2.24, 2.45) is 0 Å². The molecule has 30 heavy (non-hydrogen) atoms. The summed E-state index contributed by atoms with van der Waals surface area (Å²) in [6.45, 7) is 9.56. The molecule has 0 bridgehead atoms. The second-order valence-electron chi connectivity index (χ2n) is 7.96. The Labute approximate surface area is 176 Å². The van der Waals surface area contributed by atoms with Crippen molar-refractivity contribution in [2.75, 3.05) is 42.5 Å². The highest BCUT2D eigenvalue weighted by Gasteiger charge is 2.31. The standard InChI is InChI=1S/C22H28N6O2/c1-4-18-14-25-22(30)28(18)19-6-5-17(13-23-19)21(29)27-9-7-26(8-10-27)20-16(3)11-15(2)12-24-20/h5-6,11-13,18H,4,7-10,14H2,1-3H3,(H,25,30). The molecule has 0 spiro atoms. The summed E-state index contributed by atoms with van der Waals surface area (Å²) in [6, 6.07) is 5.62. The Morgan fingerprint density at radius 2 is 1.90 bits per heavy atom. The number of rotatable bonds is 4. The van der Waals surface area contributed by atoms with Crippen LogP contribution in [-0.4, -0.2) is 65.6 Å². The summed E-state index contributed by atoms with van der Waals surface area (Å²) in [5.41, 5.74) is 2.85. The summed E-state index contributed by atoms with van der Waals surface area (Å²) >= 11 is 0. The van der Waals surface area contributed by atoms with E-state index in [0.29, 0.717) is 31.0 Å². The Hall–Kier alpha value is -3.16. The number of hydrogen-bond donors (Lipinski definition) is 1. The first-order chi connectivity index (χ1) is 14.5. The maximum Gasteiger partial charge on any atom is 0.323 e. The minimum absolute atomic E-state index is 0.0276. The first-order valence-electron chi connectivity index (χ1n) is 10.5. The Kier molecular flexibility index (Phi) is 5.57. The second-order valence-corrected chi connectivity index (χ2v) is 7.96. The Bertz CT molecular complexity index is 937. The summed E-state index contributed by atoms with van der Waals surface area (Å²) in [4.78, 5) is 39.8. The van der Waals surface area contributed by atoms with E-state index < -0.39 is 0 Å².